The Morgan fingerprint density at radius 2 is 2.08 bits per heavy atom. The lowest BCUT2D eigenvalue weighted by Crippen LogP contribution is -2.20. The van der Waals surface area contributed by atoms with Crippen molar-refractivity contribution in [3.8, 4) is 5.75 Å². The van der Waals surface area contributed by atoms with Crippen LogP contribution in [0.1, 0.15) is 20.9 Å². The third-order valence-corrected chi connectivity index (χ3v) is 5.57. The monoisotopic (exact) mass is 366 g/mol. The maximum absolute atomic E-state index is 12.6. The molecular formula is C17H22N2O3S2. The van der Waals surface area contributed by atoms with Gasteiger partial charge < -0.3 is 14.0 Å². The van der Waals surface area contributed by atoms with Crippen LogP contribution in [0.15, 0.2) is 28.1 Å². The molecule has 1 heterocycles. The van der Waals surface area contributed by atoms with Crippen LogP contribution in [0.2, 0.25) is 0 Å². The van der Waals surface area contributed by atoms with Gasteiger partial charge in [0.05, 0.1) is 19.3 Å². The first-order valence-electron chi connectivity index (χ1n) is 7.48. The number of aromatic nitrogens is 1. The van der Waals surface area contributed by atoms with Crippen molar-refractivity contribution in [1.82, 2.24) is 4.57 Å². The number of methoxy groups -OCH3 is 2. The van der Waals surface area contributed by atoms with Crippen LogP contribution in [0.4, 0.5) is 0 Å². The molecule has 0 radical (unpaired) electrons. The zero-order valence-corrected chi connectivity index (χ0v) is 16.2. The lowest BCUT2D eigenvalue weighted by molar-refractivity contribution is 0.0994. The van der Waals surface area contributed by atoms with E-state index in [1.54, 1.807) is 32.0 Å². The summed E-state index contributed by atoms with van der Waals surface area (Å²) in [4.78, 5) is 19.8. The number of rotatable bonds is 6. The van der Waals surface area contributed by atoms with Gasteiger partial charge in [-0.15, -0.1) is 23.1 Å². The number of thioether (sulfide) groups is 1. The topological polar surface area (TPSA) is 52.8 Å². The van der Waals surface area contributed by atoms with Gasteiger partial charge in [0.2, 0.25) is 0 Å². The second-order valence-corrected chi connectivity index (χ2v) is 7.22. The van der Waals surface area contributed by atoms with Gasteiger partial charge in [-0.05, 0) is 38.3 Å². The Morgan fingerprint density at radius 3 is 2.71 bits per heavy atom. The van der Waals surface area contributed by atoms with Gasteiger partial charge in [-0.1, -0.05) is 0 Å². The van der Waals surface area contributed by atoms with Crippen molar-refractivity contribution in [2.45, 2.75) is 25.3 Å². The van der Waals surface area contributed by atoms with Crippen molar-refractivity contribution < 1.29 is 14.3 Å². The third-order valence-electron chi connectivity index (χ3n) is 3.74. The van der Waals surface area contributed by atoms with E-state index in [4.69, 9.17) is 9.47 Å². The smallest absolute Gasteiger partial charge is 0.283 e. The highest BCUT2D eigenvalue weighted by Gasteiger charge is 2.14. The van der Waals surface area contributed by atoms with Crippen LogP contribution < -0.4 is 9.54 Å². The first kappa shape index (κ1) is 18.8. The van der Waals surface area contributed by atoms with Gasteiger partial charge in [0.15, 0.2) is 4.80 Å². The lowest BCUT2D eigenvalue weighted by atomic mass is 10.2. The molecule has 1 aromatic carbocycles. The van der Waals surface area contributed by atoms with Crippen LogP contribution in [-0.4, -0.2) is 37.6 Å². The minimum atomic E-state index is -0.299. The number of aryl methyl sites for hydroxylation is 1. The summed E-state index contributed by atoms with van der Waals surface area (Å²) >= 11 is 3.11. The quantitative estimate of drug-likeness (QED) is 0.736. The molecule has 0 aliphatic rings. The Morgan fingerprint density at radius 1 is 1.33 bits per heavy atom. The molecule has 0 aliphatic heterocycles. The highest BCUT2D eigenvalue weighted by molar-refractivity contribution is 7.98. The van der Waals surface area contributed by atoms with Crippen LogP contribution in [0.5, 0.6) is 5.75 Å². The van der Waals surface area contributed by atoms with Gasteiger partial charge in [-0.3, -0.25) is 4.79 Å². The molecule has 0 unspecified atom stereocenters. The Hall–Kier alpha value is -1.57. The Bertz CT molecular complexity index is 794. The summed E-state index contributed by atoms with van der Waals surface area (Å²) in [6, 6.07) is 5.53. The summed E-state index contributed by atoms with van der Waals surface area (Å²) in [5, 5.41) is 0. The summed E-state index contributed by atoms with van der Waals surface area (Å²) in [6.45, 7) is 5.30. The molecule has 0 bridgehead atoms. The van der Waals surface area contributed by atoms with Gasteiger partial charge in [-0.25, -0.2) is 0 Å². The fourth-order valence-electron chi connectivity index (χ4n) is 2.25. The summed E-state index contributed by atoms with van der Waals surface area (Å²) in [5.74, 6) is 0.246. The van der Waals surface area contributed by atoms with Gasteiger partial charge in [0.1, 0.15) is 5.75 Å². The van der Waals surface area contributed by atoms with E-state index in [1.807, 2.05) is 36.8 Å². The maximum Gasteiger partial charge on any atom is 0.283 e. The molecule has 0 saturated heterocycles. The number of benzene rings is 1. The lowest BCUT2D eigenvalue weighted by Gasteiger charge is -2.07. The predicted octanol–water partition coefficient (Wildman–Crippen LogP) is 3.28. The van der Waals surface area contributed by atoms with E-state index in [1.165, 1.54) is 11.3 Å². The Balaban J connectivity index is 2.45. The highest BCUT2D eigenvalue weighted by Crippen LogP contribution is 2.25. The van der Waals surface area contributed by atoms with E-state index in [0.29, 0.717) is 29.3 Å². The van der Waals surface area contributed by atoms with Crippen molar-refractivity contribution in [2.75, 3.05) is 27.1 Å². The molecule has 0 aliphatic carbocycles. The number of carbonyl (C=O) groups is 1. The molecule has 2 aromatic rings. The standard InChI is InChI=1S/C17H22N2O3S2/c1-11-12(2)24-17(19(11)8-9-21-3)18-16(20)14-7-6-13(23-5)10-15(14)22-4/h6-7,10H,8-9H2,1-5H3/b18-17-. The molecule has 5 nitrogen and oxygen atoms in total. The zero-order valence-electron chi connectivity index (χ0n) is 14.6. The molecule has 1 amide bonds. The SMILES string of the molecule is COCCn1c(C)c(C)s/c1=N\C(=O)c1ccc(SC)cc1OC. The first-order valence-corrected chi connectivity index (χ1v) is 9.52. The molecule has 2 rings (SSSR count). The number of thiazole rings is 1. The fourth-order valence-corrected chi connectivity index (χ4v) is 3.68. The second-order valence-electron chi connectivity index (χ2n) is 5.15. The largest absolute Gasteiger partial charge is 0.496 e. The van der Waals surface area contributed by atoms with Crippen molar-refractivity contribution in [2.24, 2.45) is 4.99 Å². The molecule has 0 fully saturated rings. The van der Waals surface area contributed by atoms with Crippen molar-refractivity contribution >= 4 is 29.0 Å². The van der Waals surface area contributed by atoms with Gasteiger partial charge in [0.25, 0.3) is 5.91 Å². The molecule has 0 N–H and O–H groups in total. The van der Waals surface area contributed by atoms with E-state index in [0.717, 1.165) is 15.5 Å². The van der Waals surface area contributed by atoms with Crippen LogP contribution in [-0.2, 0) is 11.3 Å². The normalized spacial score (nSPS) is 11.8. The molecule has 0 atom stereocenters. The number of carbonyl (C=O) groups excluding carboxylic acids is 1. The summed E-state index contributed by atoms with van der Waals surface area (Å²) in [7, 11) is 3.23. The molecule has 24 heavy (non-hydrogen) atoms. The molecule has 1 aromatic heterocycles. The predicted molar refractivity (Wildman–Crippen MR) is 98.3 cm³/mol. The fraction of sp³-hybridized carbons (Fsp3) is 0.412. The average molecular weight is 367 g/mol. The number of ether oxygens (including phenoxy) is 2. The van der Waals surface area contributed by atoms with E-state index < -0.39 is 0 Å². The number of hydrogen-bond acceptors (Lipinski definition) is 5. The molecular weight excluding hydrogens is 344 g/mol. The summed E-state index contributed by atoms with van der Waals surface area (Å²) in [6.07, 6.45) is 1.98. The Kier molecular flexibility index (Phi) is 6.65. The zero-order chi connectivity index (χ0) is 17.7. The van der Waals surface area contributed by atoms with E-state index in [9.17, 15) is 4.79 Å². The number of hydrogen-bond donors (Lipinski definition) is 0. The maximum atomic E-state index is 12.6. The highest BCUT2D eigenvalue weighted by atomic mass is 32.2. The van der Waals surface area contributed by atoms with Gasteiger partial charge in [-0.2, -0.15) is 4.99 Å². The Labute approximate surface area is 150 Å². The minimum Gasteiger partial charge on any atom is -0.496 e. The molecule has 0 saturated carbocycles. The summed E-state index contributed by atoms with van der Waals surface area (Å²) in [5.41, 5.74) is 1.57. The van der Waals surface area contributed by atoms with Crippen LogP contribution in [0.25, 0.3) is 0 Å². The van der Waals surface area contributed by atoms with Crippen molar-refractivity contribution in [1.29, 1.82) is 0 Å². The minimum absolute atomic E-state index is 0.299. The van der Waals surface area contributed by atoms with Crippen molar-refractivity contribution in [3.05, 3.63) is 39.1 Å². The van der Waals surface area contributed by atoms with E-state index >= 15 is 0 Å². The van der Waals surface area contributed by atoms with Crippen LogP contribution >= 0.6 is 23.1 Å². The molecule has 130 valence electrons. The summed E-state index contributed by atoms with van der Waals surface area (Å²) < 4.78 is 12.5. The van der Waals surface area contributed by atoms with Gasteiger partial charge in [0, 0.05) is 29.1 Å². The van der Waals surface area contributed by atoms with Gasteiger partial charge >= 0.3 is 0 Å². The third kappa shape index (κ3) is 4.09. The number of nitrogens with zero attached hydrogens (tertiary/aromatic N) is 2. The molecule has 0 spiro atoms. The molecule has 7 heteroatoms. The van der Waals surface area contributed by atoms with Crippen LogP contribution in [0.3, 0.4) is 0 Å². The van der Waals surface area contributed by atoms with E-state index in [-0.39, 0.29) is 5.91 Å². The number of amides is 1. The van der Waals surface area contributed by atoms with Crippen LogP contribution in [0, 0.1) is 13.8 Å². The average Bonchev–Trinajstić information content (AvgIpc) is 2.85. The first-order chi connectivity index (χ1) is 11.5. The second kappa shape index (κ2) is 8.50. The van der Waals surface area contributed by atoms with Crippen molar-refractivity contribution in [3.63, 3.8) is 0 Å². The van der Waals surface area contributed by atoms with E-state index in [2.05, 4.69) is 4.99 Å².